The maximum absolute atomic E-state index is 11.7. The minimum Gasteiger partial charge on any atom is -0.468 e. The van der Waals surface area contributed by atoms with Crippen LogP contribution in [0, 0.1) is 5.41 Å². The smallest absolute Gasteiger partial charge is 0.468 e. The van der Waals surface area contributed by atoms with Crippen molar-refractivity contribution in [3.05, 3.63) is 12.2 Å². The fourth-order valence-electron chi connectivity index (χ4n) is 2.04. The second-order valence-corrected chi connectivity index (χ2v) is 3.81. The largest absolute Gasteiger partial charge is 0.508 e. The molecule has 1 saturated heterocycles. The highest BCUT2D eigenvalue weighted by Crippen LogP contribution is 2.38. The first kappa shape index (κ1) is 10.9. The number of hydrogen-bond acceptors (Lipinski definition) is 6. The van der Waals surface area contributed by atoms with Crippen LogP contribution < -0.4 is 0 Å². The van der Waals surface area contributed by atoms with Crippen LogP contribution in [0.15, 0.2) is 12.2 Å². The zero-order valence-electron chi connectivity index (χ0n) is 8.71. The molecule has 6 nitrogen and oxygen atoms in total. The van der Waals surface area contributed by atoms with Crippen molar-refractivity contribution in [1.82, 2.24) is 0 Å². The number of ether oxygens (including phenoxy) is 3. The average molecular weight is 228 g/mol. The highest BCUT2D eigenvalue weighted by Gasteiger charge is 2.55. The van der Waals surface area contributed by atoms with Gasteiger partial charge in [-0.3, -0.25) is 4.79 Å². The first-order valence-corrected chi connectivity index (χ1v) is 4.88. The van der Waals surface area contributed by atoms with E-state index in [4.69, 9.17) is 9.47 Å². The summed E-state index contributed by atoms with van der Waals surface area (Å²) in [6, 6.07) is 0. The fourth-order valence-corrected chi connectivity index (χ4v) is 2.04. The Hall–Kier alpha value is -1.56. The van der Waals surface area contributed by atoms with Crippen LogP contribution in [0.3, 0.4) is 0 Å². The van der Waals surface area contributed by atoms with E-state index >= 15 is 0 Å². The lowest BCUT2D eigenvalue weighted by Gasteiger charge is -2.41. The molecule has 0 aromatic heterocycles. The van der Waals surface area contributed by atoms with Gasteiger partial charge in [-0.1, -0.05) is 12.2 Å². The lowest BCUT2D eigenvalue weighted by atomic mass is 9.75. The topological polar surface area (TPSA) is 82.1 Å². The second-order valence-electron chi connectivity index (χ2n) is 3.81. The zero-order chi connectivity index (χ0) is 11.8. The third kappa shape index (κ3) is 1.46. The van der Waals surface area contributed by atoms with Gasteiger partial charge in [0.15, 0.2) is 11.5 Å². The number of rotatable bonds is 1. The third-order valence-corrected chi connectivity index (χ3v) is 2.87. The standard InChI is InChI=1S/C10H12O6/c1-14-8(12)10-4-2-3-6(11)7(10)16-9(13)15-5-10/h2,4,6-7,11H,3,5H2,1H3/t6-,7+,10-/m0/s1. The van der Waals surface area contributed by atoms with Gasteiger partial charge in [-0.05, 0) is 6.42 Å². The van der Waals surface area contributed by atoms with Crippen molar-refractivity contribution >= 4 is 12.1 Å². The molecule has 0 bridgehead atoms. The number of esters is 1. The fraction of sp³-hybridized carbons (Fsp3) is 0.600. The van der Waals surface area contributed by atoms with Crippen molar-refractivity contribution in [3.63, 3.8) is 0 Å². The van der Waals surface area contributed by atoms with E-state index in [-0.39, 0.29) is 6.61 Å². The van der Waals surface area contributed by atoms with Gasteiger partial charge in [-0.15, -0.1) is 0 Å². The van der Waals surface area contributed by atoms with Crippen molar-refractivity contribution in [1.29, 1.82) is 0 Å². The van der Waals surface area contributed by atoms with Gasteiger partial charge < -0.3 is 19.3 Å². The Morgan fingerprint density at radius 1 is 1.69 bits per heavy atom. The van der Waals surface area contributed by atoms with Crippen molar-refractivity contribution in [3.8, 4) is 0 Å². The second kappa shape index (κ2) is 3.79. The number of carbonyl (C=O) groups excluding carboxylic acids is 2. The highest BCUT2D eigenvalue weighted by molar-refractivity contribution is 5.82. The molecule has 1 aliphatic heterocycles. The van der Waals surface area contributed by atoms with Crippen LogP contribution in [-0.4, -0.2) is 43.2 Å². The number of cyclic esters (lactones) is 1. The van der Waals surface area contributed by atoms with E-state index in [1.165, 1.54) is 7.11 Å². The lowest BCUT2D eigenvalue weighted by Crippen LogP contribution is -2.57. The Morgan fingerprint density at radius 3 is 3.12 bits per heavy atom. The molecule has 6 heteroatoms. The van der Waals surface area contributed by atoms with E-state index in [1.54, 1.807) is 12.2 Å². The Kier molecular flexibility index (Phi) is 2.59. The van der Waals surface area contributed by atoms with Gasteiger partial charge in [0.1, 0.15) is 6.61 Å². The third-order valence-electron chi connectivity index (χ3n) is 2.87. The summed E-state index contributed by atoms with van der Waals surface area (Å²) >= 11 is 0. The molecule has 0 aromatic rings. The summed E-state index contributed by atoms with van der Waals surface area (Å²) < 4.78 is 14.2. The van der Waals surface area contributed by atoms with E-state index in [9.17, 15) is 14.7 Å². The van der Waals surface area contributed by atoms with E-state index in [0.29, 0.717) is 6.42 Å². The maximum Gasteiger partial charge on any atom is 0.508 e. The van der Waals surface area contributed by atoms with Crippen molar-refractivity contribution in [2.75, 3.05) is 13.7 Å². The van der Waals surface area contributed by atoms with Crippen LogP contribution >= 0.6 is 0 Å². The van der Waals surface area contributed by atoms with E-state index < -0.39 is 29.7 Å². The summed E-state index contributed by atoms with van der Waals surface area (Å²) in [5.74, 6) is -0.583. The molecule has 1 heterocycles. The quantitative estimate of drug-likeness (QED) is 0.502. The number of methoxy groups -OCH3 is 1. The van der Waals surface area contributed by atoms with Crippen LogP contribution in [0.4, 0.5) is 4.79 Å². The Morgan fingerprint density at radius 2 is 2.44 bits per heavy atom. The number of aliphatic hydroxyl groups is 1. The van der Waals surface area contributed by atoms with Gasteiger partial charge in [0, 0.05) is 0 Å². The van der Waals surface area contributed by atoms with E-state index in [1.807, 2.05) is 0 Å². The monoisotopic (exact) mass is 228 g/mol. The van der Waals surface area contributed by atoms with Gasteiger partial charge >= 0.3 is 12.1 Å². The van der Waals surface area contributed by atoms with Crippen LogP contribution in [0.1, 0.15) is 6.42 Å². The summed E-state index contributed by atoms with van der Waals surface area (Å²) in [5.41, 5.74) is -1.22. The van der Waals surface area contributed by atoms with Crippen LogP contribution in [0.2, 0.25) is 0 Å². The molecule has 1 fully saturated rings. The number of aliphatic hydroxyl groups excluding tert-OH is 1. The molecule has 0 amide bonds. The molecule has 88 valence electrons. The molecule has 1 aliphatic carbocycles. The molecule has 16 heavy (non-hydrogen) atoms. The van der Waals surface area contributed by atoms with Gasteiger partial charge in [0.2, 0.25) is 0 Å². The Labute approximate surface area is 91.8 Å². The number of fused-ring (bicyclic) bond motifs is 1. The van der Waals surface area contributed by atoms with Crippen LogP contribution in [0.25, 0.3) is 0 Å². The molecule has 0 spiro atoms. The normalized spacial score (nSPS) is 37.0. The maximum atomic E-state index is 11.7. The van der Waals surface area contributed by atoms with E-state index in [0.717, 1.165) is 0 Å². The highest BCUT2D eigenvalue weighted by atomic mass is 16.7. The summed E-state index contributed by atoms with van der Waals surface area (Å²) in [6.07, 6.45) is 0.821. The van der Waals surface area contributed by atoms with Crippen molar-refractivity contribution in [2.45, 2.75) is 18.6 Å². The molecule has 2 rings (SSSR count). The predicted molar refractivity (Wildman–Crippen MR) is 50.4 cm³/mol. The van der Waals surface area contributed by atoms with Crippen LogP contribution in [0.5, 0.6) is 0 Å². The molecule has 3 atom stereocenters. The predicted octanol–water partition coefficient (Wildman–Crippen LogP) is 0.00200. The molecule has 0 radical (unpaired) electrons. The van der Waals surface area contributed by atoms with Gasteiger partial charge in [-0.25, -0.2) is 4.79 Å². The summed E-state index contributed by atoms with van der Waals surface area (Å²) in [5, 5.41) is 9.74. The molecule has 0 unspecified atom stereocenters. The van der Waals surface area contributed by atoms with Gasteiger partial charge in [-0.2, -0.15) is 0 Å². The summed E-state index contributed by atoms with van der Waals surface area (Å²) in [6.45, 7) is -0.170. The molecule has 0 aromatic carbocycles. The van der Waals surface area contributed by atoms with Gasteiger partial charge in [0.05, 0.1) is 13.2 Å². The van der Waals surface area contributed by atoms with Crippen LogP contribution in [-0.2, 0) is 19.0 Å². The lowest BCUT2D eigenvalue weighted by molar-refractivity contribution is -0.180. The Bertz CT molecular complexity index is 349. The molecule has 1 N–H and O–H groups in total. The number of carbonyl (C=O) groups is 2. The molecule has 0 saturated carbocycles. The zero-order valence-corrected chi connectivity index (χ0v) is 8.71. The minimum absolute atomic E-state index is 0.170. The van der Waals surface area contributed by atoms with Gasteiger partial charge in [0.25, 0.3) is 0 Å². The van der Waals surface area contributed by atoms with Crippen molar-refractivity contribution in [2.24, 2.45) is 5.41 Å². The first-order chi connectivity index (χ1) is 7.60. The van der Waals surface area contributed by atoms with E-state index in [2.05, 4.69) is 4.74 Å². The number of hydrogen-bond donors (Lipinski definition) is 1. The summed E-state index contributed by atoms with van der Waals surface area (Å²) in [4.78, 5) is 22.7. The SMILES string of the molecule is COC(=O)[C@]12C=CC[C@H](O)[C@H]1OC(=O)OC2. The minimum atomic E-state index is -1.22. The molecule has 2 aliphatic rings. The molecular formula is C10H12O6. The first-order valence-electron chi connectivity index (χ1n) is 4.88. The average Bonchev–Trinajstić information content (AvgIpc) is 2.29. The molecular weight excluding hydrogens is 216 g/mol. The summed E-state index contributed by atoms with van der Waals surface area (Å²) in [7, 11) is 1.24. The van der Waals surface area contributed by atoms with Crippen molar-refractivity contribution < 1.29 is 28.9 Å². The Balaban J connectivity index is 2.37.